The number of halogens is 3. The first-order chi connectivity index (χ1) is 12.8. The lowest BCUT2D eigenvalue weighted by molar-refractivity contribution is 0.208. The van der Waals surface area contributed by atoms with Crippen molar-refractivity contribution in [1.82, 2.24) is 9.88 Å². The van der Waals surface area contributed by atoms with Crippen LogP contribution in [0.25, 0.3) is 10.8 Å². The molecule has 27 heavy (non-hydrogen) atoms. The summed E-state index contributed by atoms with van der Waals surface area (Å²) >= 11 is 0. The maximum absolute atomic E-state index is 13.7. The third kappa shape index (κ3) is 3.51. The highest BCUT2D eigenvalue weighted by Crippen LogP contribution is 2.27. The molecule has 0 aliphatic rings. The van der Waals surface area contributed by atoms with Gasteiger partial charge >= 0.3 is 6.03 Å². The molecular weight excluding hydrogens is 359 g/mol. The van der Waals surface area contributed by atoms with Crippen molar-refractivity contribution in [3.63, 3.8) is 0 Å². The normalized spacial score (nSPS) is 12.0. The van der Waals surface area contributed by atoms with Crippen LogP contribution in [0, 0.1) is 17.5 Å². The van der Waals surface area contributed by atoms with Crippen LogP contribution in [0.2, 0.25) is 0 Å². The molecule has 140 valence electrons. The Kier molecular flexibility index (Phi) is 4.89. The third-order valence-corrected chi connectivity index (χ3v) is 4.44. The smallest absolute Gasteiger partial charge is 0.322 e. The van der Waals surface area contributed by atoms with Crippen molar-refractivity contribution in [3.8, 4) is 0 Å². The molecule has 0 radical (unpaired) electrons. The number of nitrogens with zero attached hydrogens (tertiary/aromatic N) is 1. The van der Waals surface area contributed by atoms with E-state index in [4.69, 9.17) is 0 Å². The predicted octanol–water partition coefficient (Wildman–Crippen LogP) is 4.17. The maximum atomic E-state index is 13.7. The molecule has 0 spiro atoms. The summed E-state index contributed by atoms with van der Waals surface area (Å²) in [5.74, 6) is -2.82. The summed E-state index contributed by atoms with van der Waals surface area (Å²) in [5, 5.41) is 2.61. The summed E-state index contributed by atoms with van der Waals surface area (Å²) in [6.07, 6.45) is 1.35. The number of fused-ring (bicyclic) bond motifs is 1. The van der Waals surface area contributed by atoms with E-state index < -0.39 is 35.1 Å². The fraction of sp³-hybridized carbons (Fsp3) is 0.158. The van der Waals surface area contributed by atoms with Crippen LogP contribution in [0.1, 0.15) is 18.5 Å². The zero-order valence-corrected chi connectivity index (χ0v) is 14.5. The minimum absolute atomic E-state index is 0.0148. The highest BCUT2D eigenvalue weighted by molar-refractivity contribution is 5.90. The average molecular weight is 375 g/mol. The molecule has 0 fully saturated rings. The number of urea groups is 1. The van der Waals surface area contributed by atoms with Gasteiger partial charge in [-0.05, 0) is 42.1 Å². The summed E-state index contributed by atoms with van der Waals surface area (Å²) in [5.41, 5.74) is -0.144. The van der Waals surface area contributed by atoms with Gasteiger partial charge in [-0.15, -0.1) is 0 Å². The molecule has 1 heterocycles. The number of amides is 2. The van der Waals surface area contributed by atoms with Gasteiger partial charge < -0.3 is 15.2 Å². The highest BCUT2D eigenvalue weighted by atomic mass is 19.2. The van der Waals surface area contributed by atoms with Crippen molar-refractivity contribution in [1.29, 1.82) is 0 Å². The number of anilines is 1. The summed E-state index contributed by atoms with van der Waals surface area (Å²) in [6.45, 7) is 1.65. The second kappa shape index (κ2) is 7.14. The number of rotatable bonds is 3. The Labute approximate surface area is 152 Å². The molecule has 1 atom stereocenters. The van der Waals surface area contributed by atoms with Gasteiger partial charge in [0.25, 0.3) is 5.56 Å². The lowest BCUT2D eigenvalue weighted by Crippen LogP contribution is -2.34. The molecule has 5 nitrogen and oxygen atoms in total. The SMILES string of the molecule is C[C@H](c1c[nH]c(=O)c2cc(F)c(F)cc12)N(C)C(=O)Nc1ccccc1F. The first-order valence-corrected chi connectivity index (χ1v) is 8.08. The molecule has 0 aliphatic carbocycles. The van der Waals surface area contributed by atoms with E-state index in [2.05, 4.69) is 10.3 Å². The summed E-state index contributed by atoms with van der Waals surface area (Å²) < 4.78 is 40.9. The highest BCUT2D eigenvalue weighted by Gasteiger charge is 2.22. The van der Waals surface area contributed by atoms with E-state index in [0.717, 1.165) is 12.1 Å². The van der Waals surface area contributed by atoms with Crippen LogP contribution in [-0.4, -0.2) is 23.0 Å². The van der Waals surface area contributed by atoms with Gasteiger partial charge in [0.15, 0.2) is 11.6 Å². The van der Waals surface area contributed by atoms with Crippen molar-refractivity contribution in [2.24, 2.45) is 0 Å². The van der Waals surface area contributed by atoms with Crippen molar-refractivity contribution in [3.05, 3.63) is 76.0 Å². The molecule has 2 aromatic carbocycles. The molecule has 3 aromatic rings. The van der Waals surface area contributed by atoms with Gasteiger partial charge in [0.1, 0.15) is 5.82 Å². The van der Waals surface area contributed by atoms with Gasteiger partial charge in [-0.3, -0.25) is 4.79 Å². The topological polar surface area (TPSA) is 65.2 Å². The van der Waals surface area contributed by atoms with Crippen molar-refractivity contribution >= 4 is 22.5 Å². The molecular formula is C19H16F3N3O2. The number of hydrogen-bond acceptors (Lipinski definition) is 2. The summed E-state index contributed by atoms with van der Waals surface area (Å²) in [6, 6.07) is 6.22. The van der Waals surface area contributed by atoms with Crippen molar-refractivity contribution in [2.75, 3.05) is 12.4 Å². The van der Waals surface area contributed by atoms with Gasteiger partial charge in [-0.25, -0.2) is 18.0 Å². The lowest BCUT2D eigenvalue weighted by atomic mass is 10.0. The second-order valence-electron chi connectivity index (χ2n) is 6.08. The first-order valence-electron chi connectivity index (χ1n) is 8.08. The number of pyridine rings is 1. The number of para-hydroxylation sites is 1. The number of hydrogen-bond donors (Lipinski definition) is 2. The van der Waals surface area contributed by atoms with Crippen LogP contribution in [-0.2, 0) is 0 Å². The molecule has 1 aromatic heterocycles. The maximum Gasteiger partial charge on any atom is 0.322 e. The van der Waals surface area contributed by atoms with Crippen LogP contribution in [0.15, 0.2) is 47.4 Å². The Morgan fingerprint density at radius 2 is 1.70 bits per heavy atom. The fourth-order valence-electron chi connectivity index (χ4n) is 2.77. The number of carbonyl (C=O) groups excluding carboxylic acids is 1. The van der Waals surface area contributed by atoms with Gasteiger partial charge in [0, 0.05) is 13.2 Å². The quantitative estimate of drug-likeness (QED) is 0.722. The Hall–Kier alpha value is -3.29. The van der Waals surface area contributed by atoms with Crippen LogP contribution in [0.5, 0.6) is 0 Å². The molecule has 0 saturated carbocycles. The van der Waals surface area contributed by atoms with E-state index in [1.54, 1.807) is 13.0 Å². The van der Waals surface area contributed by atoms with E-state index in [-0.39, 0.29) is 16.5 Å². The minimum Gasteiger partial charge on any atom is -0.328 e. The zero-order valence-electron chi connectivity index (χ0n) is 14.5. The van der Waals surface area contributed by atoms with E-state index >= 15 is 0 Å². The van der Waals surface area contributed by atoms with Crippen LogP contribution >= 0.6 is 0 Å². The Bertz CT molecular complexity index is 1080. The van der Waals surface area contributed by atoms with Crippen molar-refractivity contribution < 1.29 is 18.0 Å². The monoisotopic (exact) mass is 375 g/mol. The Morgan fingerprint density at radius 3 is 2.37 bits per heavy atom. The first kappa shape index (κ1) is 18.5. The summed E-state index contributed by atoms with van der Waals surface area (Å²) in [7, 11) is 1.47. The molecule has 8 heteroatoms. The largest absolute Gasteiger partial charge is 0.328 e. The minimum atomic E-state index is -1.14. The number of carbonyl (C=O) groups is 1. The van der Waals surface area contributed by atoms with Crippen LogP contribution in [0.3, 0.4) is 0 Å². The van der Waals surface area contributed by atoms with Gasteiger partial charge in [-0.2, -0.15) is 0 Å². The molecule has 2 amide bonds. The number of aromatic amines is 1. The van der Waals surface area contributed by atoms with Gasteiger partial charge in [-0.1, -0.05) is 12.1 Å². The molecule has 3 rings (SSSR count). The van der Waals surface area contributed by atoms with E-state index in [9.17, 15) is 22.8 Å². The molecule has 0 saturated heterocycles. The number of aromatic nitrogens is 1. The molecule has 2 N–H and O–H groups in total. The second-order valence-corrected chi connectivity index (χ2v) is 6.08. The van der Waals surface area contributed by atoms with E-state index in [1.165, 1.54) is 36.3 Å². The fourth-order valence-corrected chi connectivity index (χ4v) is 2.77. The van der Waals surface area contributed by atoms with Crippen molar-refractivity contribution in [2.45, 2.75) is 13.0 Å². The van der Waals surface area contributed by atoms with E-state index in [0.29, 0.717) is 5.56 Å². The predicted molar refractivity (Wildman–Crippen MR) is 96.1 cm³/mol. The number of H-pyrrole nitrogens is 1. The molecule has 0 bridgehead atoms. The number of nitrogens with one attached hydrogen (secondary N) is 2. The van der Waals surface area contributed by atoms with E-state index in [1.807, 2.05) is 0 Å². The summed E-state index contributed by atoms with van der Waals surface area (Å²) in [4.78, 5) is 28.1. The van der Waals surface area contributed by atoms with Gasteiger partial charge in [0.05, 0.1) is 17.1 Å². The zero-order chi connectivity index (χ0) is 19.7. The van der Waals surface area contributed by atoms with Gasteiger partial charge in [0.2, 0.25) is 0 Å². The Balaban J connectivity index is 1.95. The molecule has 0 unspecified atom stereocenters. The molecule has 0 aliphatic heterocycles. The standard InChI is InChI=1S/C19H16F3N3O2/c1-10(25(2)19(27)24-17-6-4-3-5-14(17)20)13-9-23-18(26)12-8-16(22)15(21)7-11(12)13/h3-10H,1-2H3,(H,23,26)(H,24,27)/t10-/m1/s1. The number of benzene rings is 2. The third-order valence-electron chi connectivity index (χ3n) is 4.44. The average Bonchev–Trinajstić information content (AvgIpc) is 2.64. The van der Waals surface area contributed by atoms with Crippen LogP contribution in [0.4, 0.5) is 23.7 Å². The van der Waals surface area contributed by atoms with Crippen LogP contribution < -0.4 is 10.9 Å². The lowest BCUT2D eigenvalue weighted by Gasteiger charge is -2.26. The Morgan fingerprint density at radius 1 is 1.07 bits per heavy atom.